The summed E-state index contributed by atoms with van der Waals surface area (Å²) >= 11 is 0. The first-order valence-electron chi connectivity index (χ1n) is 7.57. The third kappa shape index (κ3) is 5.01. The molecule has 6 nitrogen and oxygen atoms in total. The van der Waals surface area contributed by atoms with Crippen LogP contribution in [0.5, 0.6) is 5.75 Å². The number of esters is 1. The highest BCUT2D eigenvalue weighted by atomic mass is 16.5. The molecule has 6 heteroatoms. The molecule has 2 aromatic rings. The van der Waals surface area contributed by atoms with Crippen LogP contribution in [0.4, 0.5) is 11.4 Å². The lowest BCUT2D eigenvalue weighted by Crippen LogP contribution is -2.21. The van der Waals surface area contributed by atoms with Crippen molar-refractivity contribution in [3.63, 3.8) is 0 Å². The number of anilines is 2. The summed E-state index contributed by atoms with van der Waals surface area (Å²) < 4.78 is 10.0. The molecule has 0 unspecified atom stereocenters. The highest BCUT2D eigenvalue weighted by Gasteiger charge is 2.06. The molecule has 0 saturated heterocycles. The fourth-order valence-electron chi connectivity index (χ4n) is 2.06. The number of rotatable bonds is 7. The smallest absolute Gasteiger partial charge is 0.337 e. The maximum Gasteiger partial charge on any atom is 0.337 e. The lowest BCUT2D eigenvalue weighted by molar-refractivity contribution is -0.114. The highest BCUT2D eigenvalue weighted by molar-refractivity contribution is 5.95. The Morgan fingerprint density at radius 3 is 2.46 bits per heavy atom. The van der Waals surface area contributed by atoms with E-state index in [2.05, 4.69) is 15.4 Å². The van der Waals surface area contributed by atoms with Crippen molar-refractivity contribution in [2.75, 3.05) is 30.9 Å². The Balaban J connectivity index is 1.87. The summed E-state index contributed by atoms with van der Waals surface area (Å²) in [6.45, 7) is 2.62. The molecule has 1 amide bonds. The Morgan fingerprint density at radius 2 is 1.79 bits per heavy atom. The molecule has 0 aliphatic heterocycles. The van der Waals surface area contributed by atoms with Gasteiger partial charge in [-0.1, -0.05) is 6.07 Å². The Hall–Kier alpha value is -3.02. The lowest BCUT2D eigenvalue weighted by Gasteiger charge is -2.10. The summed E-state index contributed by atoms with van der Waals surface area (Å²) in [7, 11) is 1.32. The molecule has 126 valence electrons. The van der Waals surface area contributed by atoms with Gasteiger partial charge in [0.2, 0.25) is 5.91 Å². The van der Waals surface area contributed by atoms with Gasteiger partial charge >= 0.3 is 5.97 Å². The molecule has 0 saturated carbocycles. The zero-order valence-corrected chi connectivity index (χ0v) is 13.7. The molecule has 2 aromatic carbocycles. The van der Waals surface area contributed by atoms with Crippen molar-refractivity contribution in [1.29, 1.82) is 0 Å². The average Bonchev–Trinajstić information content (AvgIpc) is 2.60. The van der Waals surface area contributed by atoms with Crippen LogP contribution in [0.1, 0.15) is 17.3 Å². The van der Waals surface area contributed by atoms with E-state index in [0.29, 0.717) is 17.9 Å². The van der Waals surface area contributed by atoms with Gasteiger partial charge in [0.15, 0.2) is 0 Å². The van der Waals surface area contributed by atoms with Gasteiger partial charge in [-0.15, -0.1) is 0 Å². The van der Waals surface area contributed by atoms with Crippen LogP contribution in [0.25, 0.3) is 0 Å². The number of benzene rings is 2. The van der Waals surface area contributed by atoms with Gasteiger partial charge in [-0.2, -0.15) is 0 Å². The second-order valence-corrected chi connectivity index (χ2v) is 4.93. The van der Waals surface area contributed by atoms with E-state index in [1.807, 2.05) is 31.2 Å². The summed E-state index contributed by atoms with van der Waals surface area (Å²) in [4.78, 5) is 23.3. The van der Waals surface area contributed by atoms with Gasteiger partial charge in [0.1, 0.15) is 5.75 Å². The van der Waals surface area contributed by atoms with Gasteiger partial charge in [0.05, 0.1) is 25.8 Å². The number of amides is 1. The predicted octanol–water partition coefficient (Wildman–Crippen LogP) is 2.92. The van der Waals surface area contributed by atoms with E-state index < -0.39 is 5.97 Å². The maximum atomic E-state index is 12.0. The normalized spacial score (nSPS) is 9.92. The molecule has 24 heavy (non-hydrogen) atoms. The van der Waals surface area contributed by atoms with Crippen LogP contribution in [-0.4, -0.2) is 32.1 Å². The molecule has 0 aliphatic carbocycles. The van der Waals surface area contributed by atoms with E-state index in [0.717, 1.165) is 11.4 Å². The Morgan fingerprint density at radius 1 is 1.04 bits per heavy atom. The number of methoxy groups -OCH3 is 1. The Kier molecular flexibility index (Phi) is 6.19. The van der Waals surface area contributed by atoms with Gasteiger partial charge in [-0.3, -0.25) is 4.79 Å². The molecule has 0 bridgehead atoms. The van der Waals surface area contributed by atoms with Crippen molar-refractivity contribution in [2.24, 2.45) is 0 Å². The molecule has 2 N–H and O–H groups in total. The van der Waals surface area contributed by atoms with Crippen LogP contribution in [0.15, 0.2) is 48.5 Å². The summed E-state index contributed by atoms with van der Waals surface area (Å²) in [5.74, 6) is 0.146. The number of hydrogen-bond acceptors (Lipinski definition) is 5. The van der Waals surface area contributed by atoms with E-state index in [1.165, 1.54) is 7.11 Å². The highest BCUT2D eigenvalue weighted by Crippen LogP contribution is 2.17. The van der Waals surface area contributed by atoms with Crippen LogP contribution in [0, 0.1) is 0 Å². The van der Waals surface area contributed by atoms with E-state index in [4.69, 9.17) is 4.74 Å². The van der Waals surface area contributed by atoms with E-state index in [-0.39, 0.29) is 12.5 Å². The third-order valence-electron chi connectivity index (χ3n) is 3.19. The lowest BCUT2D eigenvalue weighted by atomic mass is 10.2. The van der Waals surface area contributed by atoms with Gasteiger partial charge in [0, 0.05) is 17.4 Å². The van der Waals surface area contributed by atoms with Crippen LogP contribution in [0.3, 0.4) is 0 Å². The van der Waals surface area contributed by atoms with Crippen molar-refractivity contribution in [1.82, 2.24) is 0 Å². The number of hydrogen-bond donors (Lipinski definition) is 2. The SMILES string of the molecule is CCOc1cccc(NCC(=O)Nc2ccc(C(=O)OC)cc2)c1. The quantitative estimate of drug-likeness (QED) is 0.764. The number of ether oxygens (including phenoxy) is 2. The average molecular weight is 328 g/mol. The minimum atomic E-state index is -0.413. The van der Waals surface area contributed by atoms with Crippen molar-refractivity contribution < 1.29 is 19.1 Å². The summed E-state index contributed by atoms with van der Waals surface area (Å²) in [6.07, 6.45) is 0. The first-order chi connectivity index (χ1) is 11.6. The molecule has 0 fully saturated rings. The molecule has 0 atom stereocenters. The predicted molar refractivity (Wildman–Crippen MR) is 92.5 cm³/mol. The Labute approximate surface area is 140 Å². The Bertz CT molecular complexity index is 698. The van der Waals surface area contributed by atoms with Crippen LogP contribution < -0.4 is 15.4 Å². The van der Waals surface area contributed by atoms with Crippen molar-refractivity contribution in [3.05, 3.63) is 54.1 Å². The summed E-state index contributed by atoms with van der Waals surface area (Å²) in [6, 6.07) is 13.9. The van der Waals surface area contributed by atoms with Gasteiger partial charge < -0.3 is 20.1 Å². The molecule has 0 aromatic heterocycles. The summed E-state index contributed by atoms with van der Waals surface area (Å²) in [5.41, 5.74) is 1.84. The third-order valence-corrected chi connectivity index (χ3v) is 3.19. The van der Waals surface area contributed by atoms with Crippen molar-refractivity contribution in [2.45, 2.75) is 6.92 Å². The number of carbonyl (C=O) groups is 2. The van der Waals surface area contributed by atoms with Crippen LogP contribution in [-0.2, 0) is 9.53 Å². The number of nitrogens with one attached hydrogen (secondary N) is 2. The fourth-order valence-corrected chi connectivity index (χ4v) is 2.06. The molecule has 0 aliphatic rings. The monoisotopic (exact) mass is 328 g/mol. The van der Waals surface area contributed by atoms with Crippen LogP contribution >= 0.6 is 0 Å². The van der Waals surface area contributed by atoms with E-state index >= 15 is 0 Å². The fraction of sp³-hybridized carbons (Fsp3) is 0.222. The first-order valence-corrected chi connectivity index (χ1v) is 7.57. The second kappa shape index (κ2) is 8.57. The second-order valence-electron chi connectivity index (χ2n) is 4.93. The standard InChI is InChI=1S/C18H20N2O4/c1-3-24-16-6-4-5-15(11-16)19-12-17(21)20-14-9-7-13(8-10-14)18(22)23-2/h4-11,19H,3,12H2,1-2H3,(H,20,21). The first kappa shape index (κ1) is 17.3. The van der Waals surface area contributed by atoms with Crippen molar-refractivity contribution in [3.8, 4) is 5.75 Å². The van der Waals surface area contributed by atoms with Gasteiger partial charge in [-0.25, -0.2) is 4.79 Å². The molecule has 0 heterocycles. The molecular formula is C18H20N2O4. The van der Waals surface area contributed by atoms with Crippen LogP contribution in [0.2, 0.25) is 0 Å². The zero-order valence-electron chi connectivity index (χ0n) is 13.7. The zero-order chi connectivity index (χ0) is 17.4. The minimum Gasteiger partial charge on any atom is -0.494 e. The van der Waals surface area contributed by atoms with E-state index in [1.54, 1.807) is 24.3 Å². The molecule has 0 spiro atoms. The van der Waals surface area contributed by atoms with Gasteiger partial charge in [0.25, 0.3) is 0 Å². The molecule has 2 rings (SSSR count). The largest absolute Gasteiger partial charge is 0.494 e. The van der Waals surface area contributed by atoms with E-state index in [9.17, 15) is 9.59 Å². The van der Waals surface area contributed by atoms with Crippen molar-refractivity contribution >= 4 is 23.3 Å². The maximum absolute atomic E-state index is 12.0. The minimum absolute atomic E-state index is 0.119. The van der Waals surface area contributed by atoms with Gasteiger partial charge in [-0.05, 0) is 43.3 Å². The molecule has 0 radical (unpaired) electrons. The topological polar surface area (TPSA) is 76.7 Å². The molecular weight excluding hydrogens is 308 g/mol. The summed E-state index contributed by atoms with van der Waals surface area (Å²) in [5, 5.41) is 5.79. The number of carbonyl (C=O) groups excluding carboxylic acids is 2.